The first kappa shape index (κ1) is 12.0. The molecule has 5 nitrogen and oxygen atoms in total. The van der Waals surface area contributed by atoms with Crippen LogP contribution in [0, 0.1) is 0 Å². The van der Waals surface area contributed by atoms with E-state index >= 15 is 0 Å². The smallest absolute Gasteiger partial charge is 0.337 e. The Hall–Kier alpha value is -1.51. The maximum absolute atomic E-state index is 11.5. The molecule has 0 aliphatic carbocycles. The van der Waals surface area contributed by atoms with Crippen LogP contribution in [0.5, 0.6) is 0 Å². The molecule has 2 amide bonds. The van der Waals surface area contributed by atoms with Crippen LogP contribution >= 0.6 is 0 Å². The molecule has 6 heteroatoms. The number of anilines is 1. The third-order valence-corrected chi connectivity index (χ3v) is 3.20. The van der Waals surface area contributed by atoms with Crippen molar-refractivity contribution in [2.24, 2.45) is 0 Å². The summed E-state index contributed by atoms with van der Waals surface area (Å²) in [5.41, 5.74) is 2.09. The molecule has 0 atom stereocenters. The number of carbonyl (C=O) groups excluding carboxylic acids is 2. The predicted octanol–water partition coefficient (Wildman–Crippen LogP) is 0.244. The van der Waals surface area contributed by atoms with Gasteiger partial charge in [-0.05, 0) is 11.6 Å². The Morgan fingerprint density at radius 1 is 1.53 bits per heavy atom. The summed E-state index contributed by atoms with van der Waals surface area (Å²) in [6.45, 7) is 0.529. The highest BCUT2D eigenvalue weighted by atomic mass is 27.0. The van der Waals surface area contributed by atoms with Crippen LogP contribution in [0.3, 0.4) is 0 Å². The molecule has 1 aliphatic heterocycles. The number of carbonyl (C=O) groups is 2. The highest BCUT2D eigenvalue weighted by Crippen LogP contribution is 2.22. The van der Waals surface area contributed by atoms with Gasteiger partial charge < -0.3 is 15.0 Å². The number of nitrogens with zero attached hydrogens (tertiary/aromatic N) is 1. The molecular weight excluding hydrogens is 235 g/mol. The molecular formula is C11H11AlN2O3. The minimum Gasteiger partial charge on any atom is -0.465 e. The molecule has 1 aromatic carbocycles. The van der Waals surface area contributed by atoms with E-state index in [4.69, 9.17) is 0 Å². The molecule has 0 saturated carbocycles. The summed E-state index contributed by atoms with van der Waals surface area (Å²) in [6, 6.07) is 3.20. The van der Waals surface area contributed by atoms with Crippen molar-refractivity contribution in [1.82, 2.24) is 4.90 Å². The quantitative estimate of drug-likeness (QED) is 0.570. The zero-order valence-electron chi connectivity index (χ0n) is 9.61. The molecule has 1 N–H and O–H groups in total. The Bertz CT molecular complexity index is 502. The Kier molecular flexibility index (Phi) is 3.09. The molecule has 17 heavy (non-hydrogen) atoms. The van der Waals surface area contributed by atoms with Crippen molar-refractivity contribution < 1.29 is 14.3 Å². The van der Waals surface area contributed by atoms with Gasteiger partial charge in [-0.2, -0.15) is 0 Å². The fourth-order valence-electron chi connectivity index (χ4n) is 1.74. The highest BCUT2D eigenvalue weighted by molar-refractivity contribution is 6.34. The third kappa shape index (κ3) is 2.14. The number of hydrogen-bond acceptors (Lipinski definition) is 3. The van der Waals surface area contributed by atoms with E-state index in [-0.39, 0.29) is 6.03 Å². The molecule has 0 fully saturated rings. The van der Waals surface area contributed by atoms with Gasteiger partial charge in [0.25, 0.3) is 0 Å². The zero-order chi connectivity index (χ0) is 12.6. The lowest BCUT2D eigenvalue weighted by atomic mass is 10.1. The maximum Gasteiger partial charge on any atom is 0.337 e. The summed E-state index contributed by atoms with van der Waals surface area (Å²) in [6.07, 6.45) is 0. The molecule has 0 saturated heterocycles. The number of rotatable bonds is 1. The van der Waals surface area contributed by atoms with E-state index in [1.165, 1.54) is 7.11 Å². The van der Waals surface area contributed by atoms with Crippen LogP contribution in [0.15, 0.2) is 12.1 Å². The monoisotopic (exact) mass is 246 g/mol. The average Bonchev–Trinajstić information content (AvgIpc) is 2.30. The molecule has 86 valence electrons. The van der Waals surface area contributed by atoms with Crippen LogP contribution in [0.4, 0.5) is 10.5 Å². The van der Waals surface area contributed by atoms with E-state index in [0.29, 0.717) is 17.8 Å². The Morgan fingerprint density at radius 3 is 2.88 bits per heavy atom. The van der Waals surface area contributed by atoms with Crippen molar-refractivity contribution in [3.63, 3.8) is 0 Å². The Morgan fingerprint density at radius 2 is 2.24 bits per heavy atom. The summed E-state index contributed by atoms with van der Waals surface area (Å²) < 4.78 is 5.54. The summed E-state index contributed by atoms with van der Waals surface area (Å²) in [5, 5.41) is 2.74. The first-order valence-electron chi connectivity index (χ1n) is 5.05. The molecule has 2 rings (SSSR count). The second-order valence-corrected chi connectivity index (χ2v) is 4.49. The first-order chi connectivity index (χ1) is 8.02. The number of amides is 2. The van der Waals surface area contributed by atoms with E-state index < -0.39 is 5.97 Å². The SMILES string of the molecule is COC(=O)c1c[c]([Al])c2c(c1)NC(=O)N(C)C2. The number of benzene rings is 1. The molecule has 1 aromatic rings. The van der Waals surface area contributed by atoms with Crippen molar-refractivity contribution >= 4 is 38.4 Å². The minimum atomic E-state index is -0.412. The number of esters is 1. The number of methoxy groups -OCH3 is 1. The number of hydrogen-bond donors (Lipinski definition) is 1. The third-order valence-electron chi connectivity index (χ3n) is 2.69. The van der Waals surface area contributed by atoms with Gasteiger partial charge in [-0.1, -0.05) is 6.07 Å². The minimum absolute atomic E-state index is 0.177. The van der Waals surface area contributed by atoms with Gasteiger partial charge in [0, 0.05) is 19.3 Å². The highest BCUT2D eigenvalue weighted by Gasteiger charge is 2.21. The molecule has 0 aromatic heterocycles. The summed E-state index contributed by atoms with van der Waals surface area (Å²) in [7, 11) is 3.05. The van der Waals surface area contributed by atoms with Crippen LogP contribution < -0.4 is 9.74 Å². The summed E-state index contributed by atoms with van der Waals surface area (Å²) >= 11 is 2.57. The van der Waals surface area contributed by atoms with Crippen molar-refractivity contribution in [3.8, 4) is 0 Å². The summed E-state index contributed by atoms with van der Waals surface area (Å²) in [4.78, 5) is 24.5. The molecule has 1 aliphatic rings. The van der Waals surface area contributed by atoms with E-state index in [0.717, 1.165) is 9.99 Å². The van der Waals surface area contributed by atoms with Crippen LogP contribution in [0.25, 0.3) is 0 Å². The second-order valence-electron chi connectivity index (χ2n) is 3.87. The molecule has 0 unspecified atom stereocenters. The standard InChI is InChI=1S/C11H11N2O3.Al/c1-13-6-8-4-3-7(10(14)16-2)5-9(8)12-11(13)15;/h3,5H,6H2,1-2H3,(H,12,15);. The van der Waals surface area contributed by atoms with Crippen LogP contribution in [0.1, 0.15) is 15.9 Å². The zero-order valence-corrected chi connectivity index (χ0v) is 10.8. The predicted molar refractivity (Wildman–Crippen MR) is 63.7 cm³/mol. The lowest BCUT2D eigenvalue weighted by Gasteiger charge is -2.28. The van der Waals surface area contributed by atoms with Crippen LogP contribution in [-0.4, -0.2) is 47.3 Å². The van der Waals surface area contributed by atoms with Crippen molar-refractivity contribution in [2.75, 3.05) is 19.5 Å². The molecule has 1 heterocycles. The van der Waals surface area contributed by atoms with Gasteiger partial charge in [0.2, 0.25) is 0 Å². The van der Waals surface area contributed by atoms with Gasteiger partial charge in [-0.3, -0.25) is 0 Å². The largest absolute Gasteiger partial charge is 0.465 e. The van der Waals surface area contributed by atoms with E-state index in [9.17, 15) is 9.59 Å². The van der Waals surface area contributed by atoms with E-state index in [1.807, 2.05) is 0 Å². The Balaban J connectivity index is 2.47. The van der Waals surface area contributed by atoms with E-state index in [1.54, 1.807) is 24.1 Å². The maximum atomic E-state index is 11.5. The topological polar surface area (TPSA) is 58.6 Å². The van der Waals surface area contributed by atoms with Crippen molar-refractivity contribution in [1.29, 1.82) is 0 Å². The molecule has 0 bridgehead atoms. The van der Waals surface area contributed by atoms with Gasteiger partial charge in [0.15, 0.2) is 16.3 Å². The van der Waals surface area contributed by atoms with E-state index in [2.05, 4.69) is 26.3 Å². The van der Waals surface area contributed by atoms with Crippen LogP contribution in [0.2, 0.25) is 0 Å². The number of fused-ring (bicyclic) bond motifs is 1. The second kappa shape index (κ2) is 4.40. The fourth-order valence-corrected chi connectivity index (χ4v) is 2.16. The fraction of sp³-hybridized carbons (Fsp3) is 0.273. The van der Waals surface area contributed by atoms with Crippen molar-refractivity contribution in [2.45, 2.75) is 6.54 Å². The van der Waals surface area contributed by atoms with Gasteiger partial charge in [0.05, 0.1) is 12.7 Å². The van der Waals surface area contributed by atoms with Gasteiger partial charge in [-0.25, -0.2) is 9.59 Å². The summed E-state index contributed by atoms with van der Waals surface area (Å²) in [5.74, 6) is -0.412. The number of ether oxygens (including phenoxy) is 1. The average molecular weight is 246 g/mol. The number of urea groups is 1. The van der Waals surface area contributed by atoms with Crippen molar-refractivity contribution in [3.05, 3.63) is 23.3 Å². The first-order valence-corrected chi connectivity index (χ1v) is 5.63. The number of nitrogens with one attached hydrogen (secondary N) is 1. The van der Waals surface area contributed by atoms with Gasteiger partial charge >= 0.3 is 12.0 Å². The molecule has 2 radical (unpaired) electrons. The Labute approximate surface area is 107 Å². The lowest BCUT2D eigenvalue weighted by molar-refractivity contribution is 0.0601. The normalized spacial score (nSPS) is 14.0. The van der Waals surface area contributed by atoms with Gasteiger partial charge in [-0.15, -0.1) is 4.43 Å². The van der Waals surface area contributed by atoms with Gasteiger partial charge in [0.1, 0.15) is 0 Å². The van der Waals surface area contributed by atoms with Crippen LogP contribution in [-0.2, 0) is 11.3 Å². The molecule has 0 spiro atoms. The lowest BCUT2D eigenvalue weighted by Crippen LogP contribution is -2.38.